The molecular weight excluding hydrogens is 444 g/mol. The fourth-order valence-electron chi connectivity index (χ4n) is 4.57. The zero-order valence-corrected chi connectivity index (χ0v) is 23.8. The van der Waals surface area contributed by atoms with Gasteiger partial charge in [-0.15, -0.1) is 0 Å². The Morgan fingerprint density at radius 3 is 0.972 bits per heavy atom. The van der Waals surface area contributed by atoms with Gasteiger partial charge in [0.2, 0.25) is 0 Å². The summed E-state index contributed by atoms with van der Waals surface area (Å²) < 4.78 is 0. The minimum atomic E-state index is 0.363. The van der Waals surface area contributed by atoms with E-state index >= 15 is 0 Å². The predicted molar refractivity (Wildman–Crippen MR) is 152 cm³/mol. The zero-order valence-electron chi connectivity index (χ0n) is 23.8. The molecule has 1 heterocycles. The van der Waals surface area contributed by atoms with Gasteiger partial charge in [-0.1, -0.05) is 105 Å². The van der Waals surface area contributed by atoms with Crippen molar-refractivity contribution < 1.29 is 0 Å². The molecule has 0 fully saturated rings. The molecule has 0 saturated heterocycles. The van der Waals surface area contributed by atoms with Crippen molar-refractivity contribution in [3.8, 4) is 12.1 Å². The highest BCUT2D eigenvalue weighted by Gasteiger charge is 2.22. The first-order valence-corrected chi connectivity index (χ1v) is 14.9. The molecule has 0 aliphatic carbocycles. The van der Waals surface area contributed by atoms with Crippen LogP contribution in [0.2, 0.25) is 0 Å². The Balaban J connectivity index is 3.23. The maximum absolute atomic E-state index is 10.1. The van der Waals surface area contributed by atoms with Gasteiger partial charge < -0.3 is 9.80 Å². The molecule has 0 atom stereocenters. The summed E-state index contributed by atoms with van der Waals surface area (Å²) in [6, 6.07) is 4.65. The van der Waals surface area contributed by atoms with Crippen molar-refractivity contribution in [1.82, 2.24) is 9.97 Å². The Kier molecular flexibility index (Phi) is 18.3. The van der Waals surface area contributed by atoms with E-state index in [-0.39, 0.29) is 0 Å². The number of unbranched alkanes of at least 4 members (excludes halogenated alkanes) is 12. The Bertz CT molecular complexity index is 689. The number of rotatable bonds is 22. The van der Waals surface area contributed by atoms with Crippen LogP contribution in [0.1, 0.15) is 142 Å². The molecule has 36 heavy (non-hydrogen) atoms. The van der Waals surface area contributed by atoms with E-state index in [1.54, 1.807) is 0 Å². The lowest BCUT2D eigenvalue weighted by Gasteiger charge is -2.28. The van der Waals surface area contributed by atoms with Gasteiger partial charge in [-0.2, -0.15) is 10.5 Å². The molecule has 0 amide bonds. The van der Waals surface area contributed by atoms with E-state index in [0.717, 1.165) is 51.9 Å². The molecule has 0 aliphatic heterocycles. The highest BCUT2D eigenvalue weighted by molar-refractivity contribution is 5.60. The molecule has 1 aromatic heterocycles. The fraction of sp³-hybridized carbons (Fsp3) is 0.800. The maximum atomic E-state index is 10.1. The quantitative estimate of drug-likeness (QED) is 0.151. The average molecular weight is 497 g/mol. The number of nitrogens with zero attached hydrogens (tertiary/aromatic N) is 6. The number of hydrogen-bond acceptors (Lipinski definition) is 6. The SMILES string of the molecule is CCCCCCN(CCCCCC)c1nc(C#N)c(N(CCCCCC)CCCCCC)nc1C#N. The summed E-state index contributed by atoms with van der Waals surface area (Å²) >= 11 is 0. The summed E-state index contributed by atoms with van der Waals surface area (Å²) in [6.07, 6.45) is 18.6. The largest absolute Gasteiger partial charge is 0.354 e. The number of nitriles is 2. The fourth-order valence-corrected chi connectivity index (χ4v) is 4.57. The highest BCUT2D eigenvalue weighted by Crippen LogP contribution is 2.25. The van der Waals surface area contributed by atoms with Gasteiger partial charge in [0.05, 0.1) is 0 Å². The van der Waals surface area contributed by atoms with Gasteiger partial charge in [-0.25, -0.2) is 9.97 Å². The molecule has 0 spiro atoms. The molecule has 0 aliphatic rings. The molecule has 6 nitrogen and oxygen atoms in total. The first kappa shape index (κ1) is 31.7. The first-order valence-electron chi connectivity index (χ1n) is 14.9. The van der Waals surface area contributed by atoms with Crippen molar-refractivity contribution in [1.29, 1.82) is 10.5 Å². The van der Waals surface area contributed by atoms with Crippen LogP contribution in [0.25, 0.3) is 0 Å². The third-order valence-electron chi connectivity index (χ3n) is 6.80. The van der Waals surface area contributed by atoms with E-state index in [4.69, 9.17) is 9.97 Å². The second-order valence-electron chi connectivity index (χ2n) is 10.0. The van der Waals surface area contributed by atoms with Crippen LogP contribution in [-0.2, 0) is 0 Å². The third kappa shape index (κ3) is 12.1. The van der Waals surface area contributed by atoms with Crippen LogP contribution in [-0.4, -0.2) is 36.1 Å². The van der Waals surface area contributed by atoms with E-state index in [1.807, 2.05) is 0 Å². The van der Waals surface area contributed by atoms with Crippen LogP contribution in [0.15, 0.2) is 0 Å². The Morgan fingerprint density at radius 1 is 0.472 bits per heavy atom. The van der Waals surface area contributed by atoms with E-state index in [1.165, 1.54) is 77.0 Å². The van der Waals surface area contributed by atoms with E-state index in [0.29, 0.717) is 23.0 Å². The van der Waals surface area contributed by atoms with Gasteiger partial charge in [0.1, 0.15) is 12.1 Å². The number of anilines is 2. The molecule has 6 heteroatoms. The number of hydrogen-bond donors (Lipinski definition) is 0. The van der Waals surface area contributed by atoms with Gasteiger partial charge in [0, 0.05) is 26.2 Å². The van der Waals surface area contributed by atoms with Crippen molar-refractivity contribution in [3.63, 3.8) is 0 Å². The average Bonchev–Trinajstić information content (AvgIpc) is 2.90. The van der Waals surface area contributed by atoms with Crippen LogP contribution >= 0.6 is 0 Å². The number of aromatic nitrogens is 2. The second-order valence-corrected chi connectivity index (χ2v) is 10.0. The van der Waals surface area contributed by atoms with Gasteiger partial charge >= 0.3 is 0 Å². The van der Waals surface area contributed by atoms with E-state index in [2.05, 4.69) is 49.6 Å². The third-order valence-corrected chi connectivity index (χ3v) is 6.80. The van der Waals surface area contributed by atoms with Crippen molar-refractivity contribution in [3.05, 3.63) is 11.4 Å². The summed E-state index contributed by atoms with van der Waals surface area (Å²) in [5.41, 5.74) is 0.726. The van der Waals surface area contributed by atoms with Crippen LogP contribution in [0.3, 0.4) is 0 Å². The van der Waals surface area contributed by atoms with Crippen molar-refractivity contribution >= 4 is 11.6 Å². The van der Waals surface area contributed by atoms with Gasteiger partial charge in [0.25, 0.3) is 0 Å². The van der Waals surface area contributed by atoms with Gasteiger partial charge in [0.15, 0.2) is 23.0 Å². The van der Waals surface area contributed by atoms with Crippen LogP contribution in [0.4, 0.5) is 11.6 Å². The minimum absolute atomic E-state index is 0.363. The molecule has 202 valence electrons. The minimum Gasteiger partial charge on any atom is -0.354 e. The first-order chi connectivity index (χ1) is 17.7. The summed E-state index contributed by atoms with van der Waals surface area (Å²) in [5.74, 6) is 1.20. The van der Waals surface area contributed by atoms with Crippen molar-refractivity contribution in [2.45, 2.75) is 130 Å². The Labute approximate surface area is 222 Å². The second kappa shape index (κ2) is 20.8. The summed E-state index contributed by atoms with van der Waals surface area (Å²) in [6.45, 7) is 12.3. The molecule has 0 aromatic carbocycles. The van der Waals surface area contributed by atoms with Gasteiger partial charge in [-0.3, -0.25) is 0 Å². The van der Waals surface area contributed by atoms with Crippen molar-refractivity contribution in [2.24, 2.45) is 0 Å². The summed E-state index contributed by atoms with van der Waals surface area (Å²) in [4.78, 5) is 14.0. The smallest absolute Gasteiger partial charge is 0.185 e. The molecule has 0 bridgehead atoms. The molecule has 1 aromatic rings. The van der Waals surface area contributed by atoms with E-state index < -0.39 is 0 Å². The van der Waals surface area contributed by atoms with Gasteiger partial charge in [-0.05, 0) is 25.7 Å². The van der Waals surface area contributed by atoms with Crippen LogP contribution in [0.5, 0.6) is 0 Å². The normalized spacial score (nSPS) is 10.7. The Morgan fingerprint density at radius 2 is 0.750 bits per heavy atom. The van der Waals surface area contributed by atoms with E-state index in [9.17, 15) is 10.5 Å². The zero-order chi connectivity index (χ0) is 26.4. The lowest BCUT2D eigenvalue weighted by atomic mass is 10.1. The van der Waals surface area contributed by atoms with Crippen LogP contribution < -0.4 is 9.80 Å². The molecule has 0 unspecified atom stereocenters. The molecular formula is C30H52N6. The van der Waals surface area contributed by atoms with Crippen LogP contribution in [0, 0.1) is 22.7 Å². The standard InChI is InChI=1S/C30H52N6/c1-5-9-13-17-21-35(22-18-14-10-6-2)29-27(25-31)34-30(28(26-32)33-29)36(23-19-15-11-7-3)24-20-16-12-8-4/h5-24H2,1-4H3. The molecule has 1 rings (SSSR count). The topological polar surface area (TPSA) is 79.8 Å². The predicted octanol–water partition coefficient (Wildman–Crippen LogP) is 8.15. The summed E-state index contributed by atoms with van der Waals surface area (Å²) in [5, 5.41) is 20.1. The highest BCUT2D eigenvalue weighted by atomic mass is 15.2. The Hall–Kier alpha value is -2.34. The summed E-state index contributed by atoms with van der Waals surface area (Å²) in [7, 11) is 0. The maximum Gasteiger partial charge on any atom is 0.185 e. The molecule has 0 saturated carbocycles. The van der Waals surface area contributed by atoms with Crippen molar-refractivity contribution in [2.75, 3.05) is 36.0 Å². The lowest BCUT2D eigenvalue weighted by molar-refractivity contribution is 0.599. The molecule has 0 N–H and O–H groups in total. The molecule has 0 radical (unpaired) electrons. The lowest BCUT2D eigenvalue weighted by Crippen LogP contribution is -2.31. The monoisotopic (exact) mass is 496 g/mol.